The number of carboxylic acid groups (broad SMARTS) is 1. The number of halogens is 2. The highest BCUT2D eigenvalue weighted by molar-refractivity contribution is 14.1. The Bertz CT molecular complexity index is 599. The molecule has 0 saturated carbocycles. The molecule has 5 heteroatoms. The first-order valence-electron chi connectivity index (χ1n) is 5.02. The second kappa shape index (κ2) is 5.71. The maximum atomic E-state index is 10.9. The number of hydrogen-bond donors (Lipinski definition) is 1. The molecular weight excluding hydrogens is 411 g/mol. The van der Waals surface area contributed by atoms with Crippen molar-refractivity contribution >= 4 is 44.5 Å². The van der Waals surface area contributed by atoms with E-state index in [0.29, 0.717) is 16.0 Å². The third kappa shape index (κ3) is 3.23. The largest absolute Gasteiger partial charge is 0.478 e. The fraction of sp³-hybridized carbons (Fsp3) is 0. The molecule has 2 aromatic carbocycles. The van der Waals surface area contributed by atoms with E-state index in [1.165, 1.54) is 12.1 Å². The molecule has 0 heterocycles. The number of carboxylic acids is 1. The van der Waals surface area contributed by atoms with E-state index in [1.54, 1.807) is 6.07 Å². The third-order valence-electron chi connectivity index (χ3n) is 2.18. The molecule has 0 aliphatic rings. The van der Waals surface area contributed by atoms with Crippen LogP contribution in [0.15, 0.2) is 46.9 Å². The van der Waals surface area contributed by atoms with E-state index >= 15 is 0 Å². The van der Waals surface area contributed by atoms with Gasteiger partial charge in [-0.25, -0.2) is 4.79 Å². The predicted molar refractivity (Wildman–Crippen MR) is 80.3 cm³/mol. The Morgan fingerprint density at radius 2 is 1.94 bits per heavy atom. The minimum absolute atomic E-state index is 0.185. The van der Waals surface area contributed by atoms with Crippen molar-refractivity contribution in [2.24, 2.45) is 0 Å². The maximum absolute atomic E-state index is 10.9. The van der Waals surface area contributed by atoms with Gasteiger partial charge in [-0.2, -0.15) is 0 Å². The molecule has 0 saturated heterocycles. The van der Waals surface area contributed by atoms with Crippen molar-refractivity contribution in [3.8, 4) is 11.5 Å². The Hall–Kier alpha value is -1.08. The van der Waals surface area contributed by atoms with Gasteiger partial charge in [0.25, 0.3) is 0 Å². The zero-order valence-electron chi connectivity index (χ0n) is 9.06. The van der Waals surface area contributed by atoms with Crippen LogP contribution in [0.2, 0.25) is 0 Å². The van der Waals surface area contributed by atoms with E-state index in [2.05, 4.69) is 38.5 Å². The highest BCUT2D eigenvalue weighted by atomic mass is 127. The molecule has 1 N–H and O–H groups in total. The number of hydrogen-bond acceptors (Lipinski definition) is 2. The highest BCUT2D eigenvalue weighted by Gasteiger charge is 2.08. The van der Waals surface area contributed by atoms with Gasteiger partial charge in [-0.05, 0) is 52.9 Å². The Morgan fingerprint density at radius 1 is 1.22 bits per heavy atom. The fourth-order valence-corrected chi connectivity index (χ4v) is 2.37. The molecule has 0 atom stereocenters. The van der Waals surface area contributed by atoms with E-state index in [0.717, 1.165) is 3.57 Å². The van der Waals surface area contributed by atoms with Gasteiger partial charge >= 0.3 is 5.97 Å². The van der Waals surface area contributed by atoms with Crippen LogP contribution in [0.3, 0.4) is 0 Å². The summed E-state index contributed by atoms with van der Waals surface area (Å²) in [6, 6.07) is 12.3. The Labute approximate surface area is 126 Å². The molecule has 0 spiro atoms. The summed E-state index contributed by atoms with van der Waals surface area (Å²) in [6.07, 6.45) is 0. The molecule has 0 aliphatic carbocycles. The van der Waals surface area contributed by atoms with Crippen LogP contribution in [-0.4, -0.2) is 11.1 Å². The lowest BCUT2D eigenvalue weighted by molar-refractivity contribution is 0.0696. The van der Waals surface area contributed by atoms with Crippen LogP contribution in [-0.2, 0) is 0 Å². The van der Waals surface area contributed by atoms with Crippen LogP contribution >= 0.6 is 38.5 Å². The molecule has 2 aromatic rings. The topological polar surface area (TPSA) is 46.5 Å². The number of benzene rings is 2. The van der Waals surface area contributed by atoms with Crippen molar-refractivity contribution in [2.75, 3.05) is 0 Å². The van der Waals surface area contributed by atoms with Gasteiger partial charge in [0.05, 0.1) is 9.13 Å². The SMILES string of the molecule is O=C(O)c1cc(Br)cc(Oc2ccccc2I)c1. The van der Waals surface area contributed by atoms with Gasteiger partial charge in [0.2, 0.25) is 0 Å². The monoisotopic (exact) mass is 418 g/mol. The normalized spacial score (nSPS) is 10.1. The van der Waals surface area contributed by atoms with E-state index < -0.39 is 5.97 Å². The van der Waals surface area contributed by atoms with Crippen molar-refractivity contribution in [1.29, 1.82) is 0 Å². The van der Waals surface area contributed by atoms with Crippen LogP contribution in [0.25, 0.3) is 0 Å². The number of aromatic carboxylic acids is 1. The van der Waals surface area contributed by atoms with Crippen molar-refractivity contribution in [2.45, 2.75) is 0 Å². The lowest BCUT2D eigenvalue weighted by Gasteiger charge is -2.08. The maximum Gasteiger partial charge on any atom is 0.335 e. The summed E-state index contributed by atoms with van der Waals surface area (Å²) < 4.78 is 7.31. The van der Waals surface area contributed by atoms with E-state index in [4.69, 9.17) is 9.84 Å². The van der Waals surface area contributed by atoms with Gasteiger partial charge in [-0.15, -0.1) is 0 Å². The molecule has 0 radical (unpaired) electrons. The molecule has 0 aromatic heterocycles. The van der Waals surface area contributed by atoms with Crippen LogP contribution in [0.5, 0.6) is 11.5 Å². The summed E-state index contributed by atoms with van der Waals surface area (Å²) >= 11 is 5.43. The second-order valence-corrected chi connectivity index (χ2v) is 5.59. The average Bonchev–Trinajstić information content (AvgIpc) is 2.31. The number of carbonyl (C=O) groups is 1. The third-order valence-corrected chi connectivity index (χ3v) is 3.53. The summed E-state index contributed by atoms with van der Waals surface area (Å²) in [5, 5.41) is 8.98. The lowest BCUT2D eigenvalue weighted by atomic mass is 10.2. The van der Waals surface area contributed by atoms with Gasteiger partial charge in [-0.3, -0.25) is 0 Å². The van der Waals surface area contributed by atoms with Gasteiger partial charge < -0.3 is 9.84 Å². The molecule has 0 aliphatic heterocycles. The fourth-order valence-electron chi connectivity index (χ4n) is 1.40. The molecular formula is C13H8BrIO3. The molecule has 18 heavy (non-hydrogen) atoms. The summed E-state index contributed by atoms with van der Waals surface area (Å²) in [5.74, 6) is 0.210. The minimum Gasteiger partial charge on any atom is -0.478 e. The molecule has 0 fully saturated rings. The van der Waals surface area contributed by atoms with Crippen molar-refractivity contribution in [1.82, 2.24) is 0 Å². The summed E-state index contributed by atoms with van der Waals surface area (Å²) in [4.78, 5) is 10.9. The van der Waals surface area contributed by atoms with Crippen LogP contribution in [0, 0.1) is 3.57 Å². The zero-order valence-corrected chi connectivity index (χ0v) is 12.8. The first kappa shape index (κ1) is 13.4. The van der Waals surface area contributed by atoms with Crippen molar-refractivity contribution in [3.63, 3.8) is 0 Å². The first-order chi connectivity index (χ1) is 8.56. The van der Waals surface area contributed by atoms with Crippen LogP contribution in [0.1, 0.15) is 10.4 Å². The molecule has 0 amide bonds. The summed E-state index contributed by atoms with van der Waals surface area (Å²) in [7, 11) is 0. The average molecular weight is 419 g/mol. The first-order valence-corrected chi connectivity index (χ1v) is 6.90. The van der Waals surface area contributed by atoms with Gasteiger partial charge in [-0.1, -0.05) is 28.1 Å². The van der Waals surface area contributed by atoms with E-state index in [9.17, 15) is 4.79 Å². The standard InChI is InChI=1S/C13H8BrIO3/c14-9-5-8(13(16)17)6-10(7-9)18-12-4-2-1-3-11(12)15/h1-7H,(H,16,17). The number of ether oxygens (including phenoxy) is 1. The van der Waals surface area contributed by atoms with Crippen LogP contribution < -0.4 is 4.74 Å². The smallest absolute Gasteiger partial charge is 0.335 e. The van der Waals surface area contributed by atoms with Crippen LogP contribution in [0.4, 0.5) is 0 Å². The quantitative estimate of drug-likeness (QED) is 0.744. The molecule has 3 nitrogen and oxygen atoms in total. The highest BCUT2D eigenvalue weighted by Crippen LogP contribution is 2.29. The molecule has 2 rings (SSSR count). The minimum atomic E-state index is -0.982. The molecule has 92 valence electrons. The van der Waals surface area contributed by atoms with Crippen molar-refractivity contribution < 1.29 is 14.6 Å². The number of rotatable bonds is 3. The van der Waals surface area contributed by atoms with Crippen molar-refractivity contribution in [3.05, 3.63) is 56.1 Å². The number of para-hydroxylation sites is 1. The summed E-state index contributed by atoms with van der Waals surface area (Å²) in [6.45, 7) is 0. The van der Waals surface area contributed by atoms with E-state index in [1.807, 2.05) is 24.3 Å². The predicted octanol–water partition coefficient (Wildman–Crippen LogP) is 4.54. The summed E-state index contributed by atoms with van der Waals surface area (Å²) in [5.41, 5.74) is 0.185. The molecule has 0 bridgehead atoms. The second-order valence-electron chi connectivity index (χ2n) is 3.51. The molecule has 0 unspecified atom stereocenters. The Morgan fingerprint density at radius 3 is 2.61 bits per heavy atom. The van der Waals surface area contributed by atoms with Gasteiger partial charge in [0.15, 0.2) is 0 Å². The Balaban J connectivity index is 2.35. The van der Waals surface area contributed by atoms with Gasteiger partial charge in [0.1, 0.15) is 11.5 Å². The van der Waals surface area contributed by atoms with E-state index in [-0.39, 0.29) is 5.56 Å². The zero-order chi connectivity index (χ0) is 13.1. The Kier molecular flexibility index (Phi) is 4.23. The van der Waals surface area contributed by atoms with Gasteiger partial charge in [0, 0.05) is 4.47 Å². The lowest BCUT2D eigenvalue weighted by Crippen LogP contribution is -1.97.